The summed E-state index contributed by atoms with van der Waals surface area (Å²) in [5.74, 6) is 0.777. The van der Waals surface area contributed by atoms with Gasteiger partial charge in [-0.05, 0) is 30.2 Å². The average molecular weight is 226 g/mol. The largest absolute Gasteiger partial charge is 0.488 e. The van der Waals surface area contributed by atoms with Gasteiger partial charge in [-0.1, -0.05) is 35.9 Å². The molecule has 1 atom stereocenters. The molecule has 0 saturated carbocycles. The Morgan fingerprint density at radius 3 is 2.82 bits per heavy atom. The van der Waals surface area contributed by atoms with E-state index in [9.17, 15) is 5.11 Å². The number of rotatable bonds is 0. The van der Waals surface area contributed by atoms with Crippen molar-refractivity contribution in [2.24, 2.45) is 0 Å². The molecule has 0 radical (unpaired) electrons. The fourth-order valence-electron chi connectivity index (χ4n) is 2.27. The molecule has 2 heteroatoms. The highest BCUT2D eigenvalue weighted by Gasteiger charge is 2.22. The fourth-order valence-corrected chi connectivity index (χ4v) is 2.27. The van der Waals surface area contributed by atoms with Crippen LogP contribution in [0.3, 0.4) is 0 Å². The van der Waals surface area contributed by atoms with Crippen molar-refractivity contribution in [3.8, 4) is 5.75 Å². The van der Waals surface area contributed by atoms with Crippen LogP contribution in [0.15, 0.2) is 42.5 Å². The molecule has 1 heterocycles. The third-order valence-corrected chi connectivity index (χ3v) is 3.19. The Hall–Kier alpha value is -1.80. The van der Waals surface area contributed by atoms with E-state index in [0.29, 0.717) is 6.61 Å². The topological polar surface area (TPSA) is 29.5 Å². The zero-order valence-corrected chi connectivity index (χ0v) is 9.68. The summed E-state index contributed by atoms with van der Waals surface area (Å²) < 4.78 is 5.74. The zero-order valence-electron chi connectivity index (χ0n) is 9.68. The molecule has 1 aliphatic rings. The van der Waals surface area contributed by atoms with Crippen LogP contribution in [-0.2, 0) is 6.61 Å². The maximum absolute atomic E-state index is 10.4. The summed E-state index contributed by atoms with van der Waals surface area (Å²) in [5.41, 5.74) is 3.98. The van der Waals surface area contributed by atoms with E-state index in [1.165, 1.54) is 0 Å². The third kappa shape index (κ3) is 1.71. The second kappa shape index (κ2) is 3.90. The van der Waals surface area contributed by atoms with Gasteiger partial charge in [0.1, 0.15) is 18.5 Å². The van der Waals surface area contributed by atoms with Gasteiger partial charge in [0, 0.05) is 5.56 Å². The number of aryl methyl sites for hydroxylation is 1. The van der Waals surface area contributed by atoms with Crippen LogP contribution in [0.1, 0.15) is 28.4 Å². The molecular formula is C15H14O2. The SMILES string of the molecule is Cc1ccc2c(c1)[C@@H](O)c1ccccc1CO2. The number of fused-ring (bicyclic) bond motifs is 2. The monoisotopic (exact) mass is 226 g/mol. The maximum Gasteiger partial charge on any atom is 0.125 e. The van der Waals surface area contributed by atoms with Gasteiger partial charge in [0.05, 0.1) is 0 Å². The minimum atomic E-state index is -0.594. The predicted molar refractivity (Wildman–Crippen MR) is 66.0 cm³/mol. The Morgan fingerprint density at radius 2 is 1.94 bits per heavy atom. The molecule has 17 heavy (non-hydrogen) atoms. The molecule has 3 rings (SSSR count). The van der Waals surface area contributed by atoms with Crippen LogP contribution in [0.2, 0.25) is 0 Å². The molecule has 0 unspecified atom stereocenters. The first-order valence-corrected chi connectivity index (χ1v) is 5.75. The lowest BCUT2D eigenvalue weighted by Crippen LogP contribution is -2.01. The summed E-state index contributed by atoms with van der Waals surface area (Å²) in [6.07, 6.45) is -0.594. The summed E-state index contributed by atoms with van der Waals surface area (Å²) in [6, 6.07) is 13.8. The number of ether oxygens (including phenoxy) is 1. The standard InChI is InChI=1S/C15H14O2/c1-10-6-7-14-13(8-10)15(16)12-5-3-2-4-11(12)9-17-14/h2-8,15-16H,9H2,1H3/t15-/m0/s1. The van der Waals surface area contributed by atoms with Crippen LogP contribution in [0.5, 0.6) is 5.75 Å². The summed E-state index contributed by atoms with van der Waals surface area (Å²) >= 11 is 0. The van der Waals surface area contributed by atoms with Gasteiger partial charge in [0.2, 0.25) is 0 Å². The van der Waals surface area contributed by atoms with E-state index in [-0.39, 0.29) is 0 Å². The first-order valence-electron chi connectivity index (χ1n) is 5.75. The number of aliphatic hydroxyl groups is 1. The van der Waals surface area contributed by atoms with Crippen molar-refractivity contribution in [1.82, 2.24) is 0 Å². The van der Waals surface area contributed by atoms with Crippen LogP contribution in [0.4, 0.5) is 0 Å². The quantitative estimate of drug-likeness (QED) is 0.748. The van der Waals surface area contributed by atoms with Gasteiger partial charge in [-0.25, -0.2) is 0 Å². The van der Waals surface area contributed by atoms with E-state index < -0.39 is 6.10 Å². The molecule has 1 aliphatic heterocycles. The number of aliphatic hydroxyl groups excluding tert-OH is 1. The lowest BCUT2D eigenvalue weighted by atomic mass is 9.97. The van der Waals surface area contributed by atoms with Crippen LogP contribution >= 0.6 is 0 Å². The molecule has 86 valence electrons. The number of benzene rings is 2. The summed E-state index contributed by atoms with van der Waals surface area (Å²) in [4.78, 5) is 0. The van der Waals surface area contributed by atoms with E-state index in [1.54, 1.807) is 0 Å². The van der Waals surface area contributed by atoms with Gasteiger partial charge in [-0.2, -0.15) is 0 Å². The van der Waals surface area contributed by atoms with Gasteiger partial charge >= 0.3 is 0 Å². The van der Waals surface area contributed by atoms with Crippen LogP contribution in [0, 0.1) is 6.92 Å². The van der Waals surface area contributed by atoms with Crippen molar-refractivity contribution in [3.63, 3.8) is 0 Å². The Labute approximate surface area is 100 Å². The minimum absolute atomic E-state index is 0.517. The van der Waals surface area contributed by atoms with Gasteiger partial charge in [0.25, 0.3) is 0 Å². The maximum atomic E-state index is 10.4. The van der Waals surface area contributed by atoms with Crippen molar-refractivity contribution in [2.75, 3.05) is 0 Å². The predicted octanol–water partition coefficient (Wildman–Crippen LogP) is 2.97. The summed E-state index contributed by atoms with van der Waals surface area (Å²) in [5, 5.41) is 10.4. The number of hydrogen-bond donors (Lipinski definition) is 1. The Morgan fingerprint density at radius 1 is 1.12 bits per heavy atom. The molecule has 0 amide bonds. The average Bonchev–Trinajstić information content (AvgIpc) is 2.49. The van der Waals surface area contributed by atoms with E-state index in [0.717, 1.165) is 28.0 Å². The molecule has 1 N–H and O–H groups in total. The van der Waals surface area contributed by atoms with E-state index >= 15 is 0 Å². The smallest absolute Gasteiger partial charge is 0.125 e. The molecule has 0 fully saturated rings. The first-order chi connectivity index (χ1) is 8.25. The molecule has 0 aliphatic carbocycles. The summed E-state index contributed by atoms with van der Waals surface area (Å²) in [6.45, 7) is 2.53. The number of hydrogen-bond acceptors (Lipinski definition) is 2. The second-order valence-corrected chi connectivity index (χ2v) is 4.43. The second-order valence-electron chi connectivity index (χ2n) is 4.43. The molecule has 0 bridgehead atoms. The van der Waals surface area contributed by atoms with Crippen molar-refractivity contribution >= 4 is 0 Å². The highest BCUT2D eigenvalue weighted by atomic mass is 16.5. The minimum Gasteiger partial charge on any atom is -0.488 e. The molecule has 0 spiro atoms. The van der Waals surface area contributed by atoms with Crippen molar-refractivity contribution < 1.29 is 9.84 Å². The van der Waals surface area contributed by atoms with Gasteiger partial charge in [-0.3, -0.25) is 0 Å². The molecule has 2 aromatic carbocycles. The Balaban J connectivity index is 2.18. The lowest BCUT2D eigenvalue weighted by molar-refractivity contribution is 0.218. The van der Waals surface area contributed by atoms with Crippen LogP contribution in [-0.4, -0.2) is 5.11 Å². The van der Waals surface area contributed by atoms with Crippen LogP contribution in [0.25, 0.3) is 0 Å². The van der Waals surface area contributed by atoms with Crippen LogP contribution < -0.4 is 4.74 Å². The zero-order chi connectivity index (χ0) is 11.8. The Kier molecular flexibility index (Phi) is 2.37. The first kappa shape index (κ1) is 10.4. The van der Waals surface area contributed by atoms with E-state index in [2.05, 4.69) is 0 Å². The highest BCUT2D eigenvalue weighted by Crippen LogP contribution is 2.35. The fraction of sp³-hybridized carbons (Fsp3) is 0.200. The molecule has 0 aromatic heterocycles. The Bertz CT molecular complexity index is 561. The molecule has 2 aromatic rings. The highest BCUT2D eigenvalue weighted by molar-refractivity contribution is 5.46. The van der Waals surface area contributed by atoms with Gasteiger partial charge in [-0.15, -0.1) is 0 Å². The third-order valence-electron chi connectivity index (χ3n) is 3.19. The lowest BCUT2D eigenvalue weighted by Gasteiger charge is -2.13. The van der Waals surface area contributed by atoms with Crippen molar-refractivity contribution in [3.05, 3.63) is 64.7 Å². The van der Waals surface area contributed by atoms with E-state index in [4.69, 9.17) is 4.74 Å². The van der Waals surface area contributed by atoms with Crippen molar-refractivity contribution in [2.45, 2.75) is 19.6 Å². The van der Waals surface area contributed by atoms with E-state index in [1.807, 2.05) is 49.4 Å². The molecule has 0 saturated heterocycles. The summed E-state index contributed by atoms with van der Waals surface area (Å²) in [7, 11) is 0. The van der Waals surface area contributed by atoms with Gasteiger partial charge in [0.15, 0.2) is 0 Å². The molecule has 2 nitrogen and oxygen atoms in total. The van der Waals surface area contributed by atoms with Gasteiger partial charge < -0.3 is 9.84 Å². The van der Waals surface area contributed by atoms with Crippen molar-refractivity contribution in [1.29, 1.82) is 0 Å². The normalized spacial score (nSPS) is 17.6. The molecular weight excluding hydrogens is 212 g/mol.